The Labute approximate surface area is 190 Å². The predicted octanol–water partition coefficient (Wildman–Crippen LogP) is 3.41. The number of fused-ring (bicyclic) bond motifs is 1. The highest BCUT2D eigenvalue weighted by atomic mass is 32.1. The standard InChI is InChI=1S/C23H28N4O4S/c1-13(2)24-21(28)15-6-5-9-27(11-15)23-25-19-16(12-32-20(19)22(29)26-23)14-7-8-17(30-3)18(10-14)31-4/h7-8,10,12-13,15H,5-6,9,11H2,1-4H3,(H,24,28)(H,25,26,29)/t15-/m0/s1. The number of hydrogen-bond donors (Lipinski definition) is 2. The van der Waals surface area contributed by atoms with E-state index in [0.29, 0.717) is 34.2 Å². The number of piperidine rings is 1. The normalized spacial score (nSPS) is 16.4. The van der Waals surface area contributed by atoms with Crippen molar-refractivity contribution in [2.45, 2.75) is 32.7 Å². The first kappa shape index (κ1) is 22.1. The Kier molecular flexibility index (Phi) is 6.36. The van der Waals surface area contributed by atoms with Gasteiger partial charge in [0, 0.05) is 30.1 Å². The molecule has 1 aliphatic heterocycles. The number of anilines is 1. The Morgan fingerprint density at radius 1 is 1.28 bits per heavy atom. The summed E-state index contributed by atoms with van der Waals surface area (Å²) < 4.78 is 11.3. The maximum atomic E-state index is 12.8. The number of aromatic nitrogens is 2. The zero-order chi connectivity index (χ0) is 22.8. The van der Waals surface area contributed by atoms with Gasteiger partial charge in [-0.3, -0.25) is 14.6 Å². The van der Waals surface area contributed by atoms with E-state index >= 15 is 0 Å². The van der Waals surface area contributed by atoms with E-state index in [1.807, 2.05) is 42.3 Å². The number of carbonyl (C=O) groups excluding carboxylic acids is 1. The zero-order valence-corrected chi connectivity index (χ0v) is 19.5. The van der Waals surface area contributed by atoms with Crippen LogP contribution in [0.25, 0.3) is 21.3 Å². The van der Waals surface area contributed by atoms with E-state index < -0.39 is 0 Å². The first-order valence-electron chi connectivity index (χ1n) is 10.7. The molecule has 3 heterocycles. The van der Waals surface area contributed by atoms with Crippen molar-refractivity contribution in [1.82, 2.24) is 15.3 Å². The number of H-pyrrole nitrogens is 1. The summed E-state index contributed by atoms with van der Waals surface area (Å²) in [6, 6.07) is 5.75. The summed E-state index contributed by atoms with van der Waals surface area (Å²) >= 11 is 1.37. The van der Waals surface area contributed by atoms with Crippen LogP contribution in [0.4, 0.5) is 5.95 Å². The monoisotopic (exact) mass is 456 g/mol. The minimum absolute atomic E-state index is 0.0506. The second-order valence-electron chi connectivity index (χ2n) is 8.23. The maximum absolute atomic E-state index is 12.8. The molecule has 170 valence electrons. The Balaban J connectivity index is 1.69. The van der Waals surface area contributed by atoms with Gasteiger partial charge >= 0.3 is 0 Å². The van der Waals surface area contributed by atoms with Crippen molar-refractivity contribution in [3.63, 3.8) is 0 Å². The van der Waals surface area contributed by atoms with Gasteiger partial charge < -0.3 is 19.7 Å². The molecule has 1 fully saturated rings. The molecule has 3 aromatic rings. The molecular formula is C23H28N4O4S. The summed E-state index contributed by atoms with van der Waals surface area (Å²) in [5.74, 6) is 1.69. The van der Waals surface area contributed by atoms with Crippen molar-refractivity contribution in [2.75, 3.05) is 32.2 Å². The lowest BCUT2D eigenvalue weighted by Crippen LogP contribution is -2.45. The first-order valence-corrected chi connectivity index (χ1v) is 11.6. The number of ether oxygens (including phenoxy) is 2. The fraction of sp³-hybridized carbons (Fsp3) is 0.435. The third kappa shape index (κ3) is 4.29. The maximum Gasteiger partial charge on any atom is 0.270 e. The molecule has 0 aliphatic carbocycles. The molecule has 8 nitrogen and oxygen atoms in total. The van der Waals surface area contributed by atoms with E-state index in [-0.39, 0.29) is 23.4 Å². The molecule has 2 N–H and O–H groups in total. The Morgan fingerprint density at radius 3 is 2.78 bits per heavy atom. The molecule has 1 amide bonds. The van der Waals surface area contributed by atoms with Gasteiger partial charge in [0.25, 0.3) is 5.56 Å². The number of methoxy groups -OCH3 is 2. The number of benzene rings is 1. The Bertz CT molecular complexity index is 1190. The number of rotatable bonds is 6. The quantitative estimate of drug-likeness (QED) is 0.590. The van der Waals surface area contributed by atoms with Crippen molar-refractivity contribution in [2.24, 2.45) is 5.92 Å². The van der Waals surface area contributed by atoms with Crippen LogP contribution in [0.2, 0.25) is 0 Å². The summed E-state index contributed by atoms with van der Waals surface area (Å²) in [7, 11) is 3.19. The number of nitrogens with one attached hydrogen (secondary N) is 2. The second-order valence-corrected chi connectivity index (χ2v) is 9.11. The smallest absolute Gasteiger partial charge is 0.270 e. The number of aromatic amines is 1. The van der Waals surface area contributed by atoms with Gasteiger partial charge in [-0.05, 0) is 44.4 Å². The number of carbonyl (C=O) groups is 1. The highest BCUT2D eigenvalue weighted by Gasteiger charge is 2.28. The molecule has 1 saturated heterocycles. The lowest BCUT2D eigenvalue weighted by Gasteiger charge is -2.32. The minimum Gasteiger partial charge on any atom is -0.493 e. The summed E-state index contributed by atoms with van der Waals surface area (Å²) in [4.78, 5) is 35.1. The number of nitrogens with zero attached hydrogens (tertiary/aromatic N) is 2. The summed E-state index contributed by atoms with van der Waals surface area (Å²) in [5.41, 5.74) is 2.24. The van der Waals surface area contributed by atoms with Crippen LogP contribution in [-0.2, 0) is 4.79 Å². The summed E-state index contributed by atoms with van der Waals surface area (Å²) in [6.45, 7) is 5.19. The molecular weight excluding hydrogens is 428 g/mol. The van der Waals surface area contributed by atoms with Gasteiger partial charge in [0.05, 0.1) is 25.7 Å². The van der Waals surface area contributed by atoms with E-state index in [1.165, 1.54) is 11.3 Å². The van der Waals surface area contributed by atoms with Crippen LogP contribution < -0.4 is 25.2 Å². The van der Waals surface area contributed by atoms with E-state index in [2.05, 4.69) is 10.3 Å². The first-order chi connectivity index (χ1) is 15.4. The number of thiophene rings is 1. The fourth-order valence-electron chi connectivity index (χ4n) is 4.06. The molecule has 2 aromatic heterocycles. The van der Waals surface area contributed by atoms with Crippen LogP contribution in [0.3, 0.4) is 0 Å². The number of amides is 1. The predicted molar refractivity (Wildman–Crippen MR) is 127 cm³/mol. The second kappa shape index (κ2) is 9.20. The molecule has 1 aliphatic rings. The average Bonchev–Trinajstić information content (AvgIpc) is 3.23. The molecule has 9 heteroatoms. The molecule has 0 bridgehead atoms. The van der Waals surface area contributed by atoms with Crippen LogP contribution in [0.1, 0.15) is 26.7 Å². The molecule has 1 atom stereocenters. The van der Waals surface area contributed by atoms with Crippen molar-refractivity contribution in [1.29, 1.82) is 0 Å². The largest absolute Gasteiger partial charge is 0.493 e. The Morgan fingerprint density at radius 2 is 2.06 bits per heavy atom. The lowest BCUT2D eigenvalue weighted by molar-refractivity contribution is -0.125. The SMILES string of the molecule is COc1ccc(-c2csc3c(=O)[nH]c(N4CCC[C@H](C(=O)NC(C)C)C4)nc23)cc1OC. The molecule has 0 saturated carbocycles. The fourth-order valence-corrected chi connectivity index (χ4v) is 4.97. The van der Waals surface area contributed by atoms with Gasteiger partial charge in [-0.15, -0.1) is 11.3 Å². The third-order valence-electron chi connectivity index (χ3n) is 5.63. The van der Waals surface area contributed by atoms with Crippen LogP contribution in [-0.4, -0.2) is 49.2 Å². The van der Waals surface area contributed by atoms with Crippen LogP contribution in [0.5, 0.6) is 11.5 Å². The highest BCUT2D eigenvalue weighted by Crippen LogP contribution is 2.37. The van der Waals surface area contributed by atoms with Gasteiger partial charge in [-0.2, -0.15) is 0 Å². The van der Waals surface area contributed by atoms with E-state index in [0.717, 1.165) is 30.5 Å². The van der Waals surface area contributed by atoms with Crippen LogP contribution in [0.15, 0.2) is 28.4 Å². The van der Waals surface area contributed by atoms with Gasteiger partial charge in [0.2, 0.25) is 11.9 Å². The van der Waals surface area contributed by atoms with Crippen molar-refractivity contribution in [3.8, 4) is 22.6 Å². The van der Waals surface area contributed by atoms with E-state index in [4.69, 9.17) is 14.5 Å². The van der Waals surface area contributed by atoms with Gasteiger partial charge in [0.1, 0.15) is 4.70 Å². The van der Waals surface area contributed by atoms with Gasteiger partial charge in [-0.1, -0.05) is 6.07 Å². The molecule has 4 rings (SSSR count). The van der Waals surface area contributed by atoms with Gasteiger partial charge in [-0.25, -0.2) is 4.98 Å². The minimum atomic E-state index is -0.171. The summed E-state index contributed by atoms with van der Waals surface area (Å²) in [6.07, 6.45) is 1.70. The number of hydrogen-bond acceptors (Lipinski definition) is 7. The molecule has 32 heavy (non-hydrogen) atoms. The average molecular weight is 457 g/mol. The van der Waals surface area contributed by atoms with Crippen molar-refractivity contribution < 1.29 is 14.3 Å². The molecule has 1 aromatic carbocycles. The molecule has 0 spiro atoms. The summed E-state index contributed by atoms with van der Waals surface area (Å²) in [5, 5.41) is 4.93. The van der Waals surface area contributed by atoms with Crippen LogP contribution in [0, 0.1) is 5.92 Å². The lowest BCUT2D eigenvalue weighted by atomic mass is 9.97. The van der Waals surface area contributed by atoms with E-state index in [9.17, 15) is 9.59 Å². The van der Waals surface area contributed by atoms with Crippen LogP contribution >= 0.6 is 11.3 Å². The zero-order valence-electron chi connectivity index (χ0n) is 18.7. The molecule has 0 unspecified atom stereocenters. The topological polar surface area (TPSA) is 96.6 Å². The Hall–Kier alpha value is -3.07. The van der Waals surface area contributed by atoms with E-state index in [1.54, 1.807) is 14.2 Å². The van der Waals surface area contributed by atoms with Crippen molar-refractivity contribution in [3.05, 3.63) is 33.9 Å². The van der Waals surface area contributed by atoms with Gasteiger partial charge in [0.15, 0.2) is 11.5 Å². The van der Waals surface area contributed by atoms with Crippen molar-refractivity contribution >= 4 is 33.4 Å². The molecule has 0 radical (unpaired) electrons. The third-order valence-corrected chi connectivity index (χ3v) is 6.60. The highest BCUT2D eigenvalue weighted by molar-refractivity contribution is 7.17.